The number of nitrogens with zero attached hydrogens (tertiary/aromatic N) is 2. The average molecular weight is 423 g/mol. The molecule has 3 heterocycles. The lowest BCUT2D eigenvalue weighted by Gasteiger charge is -2.26. The van der Waals surface area contributed by atoms with Gasteiger partial charge in [-0.2, -0.15) is 0 Å². The molecule has 0 bridgehead atoms. The van der Waals surface area contributed by atoms with Gasteiger partial charge in [-0.25, -0.2) is 9.37 Å². The molecular weight excluding hydrogens is 401 g/mol. The number of hydrogen-bond donors (Lipinski definition) is 2. The zero-order valence-corrected chi connectivity index (χ0v) is 17.0. The summed E-state index contributed by atoms with van der Waals surface area (Å²) in [6, 6.07) is 7.53. The van der Waals surface area contributed by atoms with Crippen LogP contribution < -0.4 is 5.73 Å². The number of carbonyl (C=O) groups excluding carboxylic acids is 2. The number of carbonyl (C=O) groups is 2. The summed E-state index contributed by atoms with van der Waals surface area (Å²) in [5, 5.41) is 10.4. The Bertz CT molecular complexity index is 1120. The number of likely N-dealkylation sites (tertiary alicyclic amines) is 1. The van der Waals surface area contributed by atoms with Crippen molar-refractivity contribution in [3.05, 3.63) is 53.0 Å². The first-order valence-electron chi connectivity index (χ1n) is 9.95. The number of amides is 2. The quantitative estimate of drug-likeness (QED) is 0.717. The third-order valence-corrected chi connectivity index (χ3v) is 5.59. The van der Waals surface area contributed by atoms with Gasteiger partial charge in [0.1, 0.15) is 11.5 Å². The Kier molecular flexibility index (Phi) is 5.48. The molecule has 2 amide bonds. The summed E-state index contributed by atoms with van der Waals surface area (Å²) in [4.78, 5) is 29.7. The molecule has 31 heavy (non-hydrogen) atoms. The fraction of sp³-hybridized carbons (Fsp3) is 0.348. The third-order valence-electron chi connectivity index (χ3n) is 5.59. The average Bonchev–Trinajstić information content (AvgIpc) is 2.98. The van der Waals surface area contributed by atoms with Crippen molar-refractivity contribution in [1.29, 1.82) is 0 Å². The van der Waals surface area contributed by atoms with Crippen molar-refractivity contribution < 1.29 is 23.8 Å². The molecule has 0 spiro atoms. The zero-order valence-electron chi connectivity index (χ0n) is 17.0. The first kappa shape index (κ1) is 21.0. The molecule has 0 aliphatic carbocycles. The van der Waals surface area contributed by atoms with E-state index in [0.29, 0.717) is 43.2 Å². The van der Waals surface area contributed by atoms with E-state index in [0.717, 1.165) is 0 Å². The standard InChI is InChI=1S/C23H22FN3O4/c1-27-9-8-23(30,22(27)29)7-6-14-2-4-18(24)17(11-14)19-5-3-16(10-15-12-31-13-15)20(26-19)21(25)28/h2-5,11,15,30H,8-10,12-13H2,1H3,(H2,25,28)/t23-/m0/s1. The number of pyridine rings is 1. The van der Waals surface area contributed by atoms with Crippen LogP contribution in [0.2, 0.25) is 0 Å². The van der Waals surface area contributed by atoms with Gasteiger partial charge >= 0.3 is 0 Å². The zero-order chi connectivity index (χ0) is 22.2. The Hall–Kier alpha value is -3.28. The lowest BCUT2D eigenvalue weighted by atomic mass is 9.95. The second-order valence-electron chi connectivity index (χ2n) is 7.96. The van der Waals surface area contributed by atoms with Crippen LogP contribution in [0.15, 0.2) is 30.3 Å². The highest BCUT2D eigenvalue weighted by atomic mass is 19.1. The lowest BCUT2D eigenvalue weighted by molar-refractivity contribution is -0.137. The van der Waals surface area contributed by atoms with E-state index in [2.05, 4.69) is 16.8 Å². The minimum absolute atomic E-state index is 0.106. The van der Waals surface area contributed by atoms with E-state index in [4.69, 9.17) is 10.5 Å². The summed E-state index contributed by atoms with van der Waals surface area (Å²) in [6.45, 7) is 1.66. The van der Waals surface area contributed by atoms with Crippen molar-refractivity contribution in [3.63, 3.8) is 0 Å². The molecule has 8 heteroatoms. The number of aliphatic hydroxyl groups is 1. The van der Waals surface area contributed by atoms with Crippen molar-refractivity contribution in [3.8, 4) is 23.1 Å². The Balaban J connectivity index is 1.66. The van der Waals surface area contributed by atoms with Gasteiger partial charge in [0.2, 0.25) is 5.60 Å². The Morgan fingerprint density at radius 3 is 2.77 bits per heavy atom. The fourth-order valence-corrected chi connectivity index (χ4v) is 3.67. The molecular formula is C23H22FN3O4. The van der Waals surface area contributed by atoms with Crippen LogP contribution >= 0.6 is 0 Å². The Morgan fingerprint density at radius 1 is 1.39 bits per heavy atom. The number of primary amides is 1. The van der Waals surface area contributed by atoms with E-state index in [1.54, 1.807) is 19.2 Å². The van der Waals surface area contributed by atoms with Crippen LogP contribution in [0.3, 0.4) is 0 Å². The molecule has 2 aliphatic heterocycles. The van der Waals surface area contributed by atoms with Crippen molar-refractivity contribution in [1.82, 2.24) is 9.88 Å². The van der Waals surface area contributed by atoms with Crippen LogP contribution in [-0.2, 0) is 16.0 Å². The number of nitrogens with two attached hydrogens (primary N) is 1. The van der Waals surface area contributed by atoms with E-state index >= 15 is 0 Å². The van der Waals surface area contributed by atoms with Gasteiger partial charge in [-0.15, -0.1) is 0 Å². The molecule has 0 saturated carbocycles. The molecule has 1 atom stereocenters. The molecule has 2 aromatic rings. The van der Waals surface area contributed by atoms with Crippen LogP contribution in [0, 0.1) is 23.6 Å². The number of benzene rings is 1. The third kappa shape index (κ3) is 4.15. The SMILES string of the molecule is CN1CC[C@@](O)(C#Cc2ccc(F)c(-c3ccc(CC4COC4)c(C(N)=O)n3)c2)C1=O. The molecule has 0 radical (unpaired) electrons. The van der Waals surface area contributed by atoms with Gasteiger partial charge in [-0.3, -0.25) is 9.59 Å². The molecule has 3 N–H and O–H groups in total. The van der Waals surface area contributed by atoms with Crippen LogP contribution in [0.25, 0.3) is 11.3 Å². The molecule has 2 aliphatic rings. The van der Waals surface area contributed by atoms with E-state index in [1.807, 2.05) is 0 Å². The number of hydrogen-bond acceptors (Lipinski definition) is 5. The molecule has 0 unspecified atom stereocenters. The molecule has 1 aromatic heterocycles. The molecule has 2 saturated heterocycles. The van der Waals surface area contributed by atoms with E-state index in [1.165, 1.54) is 23.1 Å². The van der Waals surface area contributed by atoms with Gasteiger partial charge in [0.15, 0.2) is 0 Å². The fourth-order valence-electron chi connectivity index (χ4n) is 3.67. The van der Waals surface area contributed by atoms with Gasteiger partial charge in [-0.1, -0.05) is 17.9 Å². The summed E-state index contributed by atoms with van der Waals surface area (Å²) in [7, 11) is 1.60. The van der Waals surface area contributed by atoms with Crippen molar-refractivity contribution in [2.45, 2.75) is 18.4 Å². The second-order valence-corrected chi connectivity index (χ2v) is 7.96. The van der Waals surface area contributed by atoms with E-state index < -0.39 is 23.2 Å². The number of likely N-dealkylation sites (N-methyl/N-ethyl adjacent to an activating group) is 1. The largest absolute Gasteiger partial charge is 0.381 e. The summed E-state index contributed by atoms with van der Waals surface area (Å²) in [6.07, 6.45) is 0.820. The molecule has 160 valence electrons. The van der Waals surface area contributed by atoms with Gasteiger partial charge in [0.25, 0.3) is 11.8 Å². The van der Waals surface area contributed by atoms with Crippen LogP contribution in [0.5, 0.6) is 0 Å². The van der Waals surface area contributed by atoms with E-state index in [-0.39, 0.29) is 23.4 Å². The van der Waals surface area contributed by atoms with E-state index in [9.17, 15) is 19.1 Å². The topological polar surface area (TPSA) is 106 Å². The van der Waals surface area contributed by atoms with Crippen molar-refractivity contribution in [2.75, 3.05) is 26.8 Å². The summed E-state index contributed by atoms with van der Waals surface area (Å²) in [5.74, 6) is 4.00. The Labute approximate surface area is 179 Å². The highest BCUT2D eigenvalue weighted by molar-refractivity contribution is 5.93. The minimum atomic E-state index is -1.74. The summed E-state index contributed by atoms with van der Waals surface area (Å²) >= 11 is 0. The predicted molar refractivity (Wildman–Crippen MR) is 110 cm³/mol. The highest BCUT2D eigenvalue weighted by Gasteiger charge is 2.42. The van der Waals surface area contributed by atoms with Crippen molar-refractivity contribution >= 4 is 11.8 Å². The Morgan fingerprint density at radius 2 is 2.16 bits per heavy atom. The van der Waals surface area contributed by atoms with Gasteiger partial charge in [-0.05, 0) is 36.2 Å². The number of rotatable bonds is 4. The van der Waals surface area contributed by atoms with Gasteiger partial charge < -0.3 is 20.5 Å². The van der Waals surface area contributed by atoms with Crippen LogP contribution in [0.1, 0.15) is 28.0 Å². The lowest BCUT2D eigenvalue weighted by Crippen LogP contribution is -2.37. The van der Waals surface area contributed by atoms with Crippen LogP contribution in [0.4, 0.5) is 4.39 Å². The maximum Gasteiger partial charge on any atom is 0.267 e. The maximum absolute atomic E-state index is 14.6. The maximum atomic E-state index is 14.6. The predicted octanol–water partition coefficient (Wildman–Crippen LogP) is 1.12. The first-order valence-corrected chi connectivity index (χ1v) is 9.95. The molecule has 4 rings (SSSR count). The summed E-state index contributed by atoms with van der Waals surface area (Å²) < 4.78 is 19.7. The smallest absolute Gasteiger partial charge is 0.267 e. The number of ether oxygens (including phenoxy) is 1. The first-order chi connectivity index (χ1) is 14.8. The second kappa shape index (κ2) is 8.10. The minimum Gasteiger partial charge on any atom is -0.381 e. The number of aromatic nitrogens is 1. The van der Waals surface area contributed by atoms with Gasteiger partial charge in [0.05, 0.1) is 18.9 Å². The monoisotopic (exact) mass is 423 g/mol. The normalized spacial score (nSPS) is 20.9. The summed E-state index contributed by atoms with van der Waals surface area (Å²) in [5.41, 5.74) is 5.38. The van der Waals surface area contributed by atoms with Crippen LogP contribution in [-0.4, -0.2) is 59.2 Å². The molecule has 2 fully saturated rings. The van der Waals surface area contributed by atoms with Gasteiger partial charge in [0, 0.05) is 37.1 Å². The number of halogens is 1. The molecule has 7 nitrogen and oxygen atoms in total. The molecule has 1 aromatic carbocycles. The highest BCUT2D eigenvalue weighted by Crippen LogP contribution is 2.26. The van der Waals surface area contributed by atoms with Crippen molar-refractivity contribution in [2.24, 2.45) is 11.7 Å².